The molecule has 2 nitrogen and oxygen atoms in total. The molecular weight excluding hydrogens is 174 g/mol. The SMILES string of the molecule is CNC1CCCc2cc(C=O)ccc21. The van der Waals surface area contributed by atoms with Gasteiger partial charge in [-0.25, -0.2) is 0 Å². The van der Waals surface area contributed by atoms with Gasteiger partial charge in [0.1, 0.15) is 6.29 Å². The Hall–Kier alpha value is -1.15. The van der Waals surface area contributed by atoms with Crippen LogP contribution in [-0.2, 0) is 6.42 Å². The molecule has 1 N–H and O–H groups in total. The number of rotatable bonds is 2. The maximum absolute atomic E-state index is 10.6. The molecule has 0 radical (unpaired) electrons. The first kappa shape index (κ1) is 9.41. The van der Waals surface area contributed by atoms with Crippen LogP contribution in [-0.4, -0.2) is 13.3 Å². The topological polar surface area (TPSA) is 29.1 Å². The minimum atomic E-state index is 0.472. The first-order chi connectivity index (χ1) is 6.85. The summed E-state index contributed by atoms with van der Waals surface area (Å²) in [5, 5.41) is 3.31. The molecule has 0 saturated carbocycles. The lowest BCUT2D eigenvalue weighted by Crippen LogP contribution is -2.21. The van der Waals surface area contributed by atoms with Crippen molar-refractivity contribution in [3.05, 3.63) is 34.9 Å². The zero-order chi connectivity index (χ0) is 9.97. The van der Waals surface area contributed by atoms with Gasteiger partial charge in [-0.1, -0.05) is 12.1 Å². The molecule has 1 aliphatic rings. The molecule has 2 rings (SSSR count). The van der Waals surface area contributed by atoms with E-state index in [0.717, 1.165) is 18.3 Å². The fourth-order valence-corrected chi connectivity index (χ4v) is 2.21. The van der Waals surface area contributed by atoms with Gasteiger partial charge in [0.2, 0.25) is 0 Å². The third-order valence-corrected chi connectivity index (χ3v) is 2.97. The van der Waals surface area contributed by atoms with E-state index >= 15 is 0 Å². The summed E-state index contributed by atoms with van der Waals surface area (Å²) in [4.78, 5) is 10.6. The first-order valence-electron chi connectivity index (χ1n) is 5.10. The van der Waals surface area contributed by atoms with Crippen molar-refractivity contribution < 1.29 is 4.79 Å². The van der Waals surface area contributed by atoms with Crippen molar-refractivity contribution in [2.45, 2.75) is 25.3 Å². The van der Waals surface area contributed by atoms with Gasteiger partial charge in [0.15, 0.2) is 0 Å². The standard InChI is InChI=1S/C12H15NO/c1-13-12-4-2-3-10-7-9(8-14)5-6-11(10)12/h5-8,12-13H,2-4H2,1H3. The van der Waals surface area contributed by atoms with Gasteiger partial charge in [-0.3, -0.25) is 4.79 Å². The Bertz CT molecular complexity index is 346. The summed E-state index contributed by atoms with van der Waals surface area (Å²) in [6.07, 6.45) is 4.43. The van der Waals surface area contributed by atoms with E-state index in [1.807, 2.05) is 19.2 Å². The zero-order valence-corrected chi connectivity index (χ0v) is 8.42. The fourth-order valence-electron chi connectivity index (χ4n) is 2.21. The Kier molecular flexibility index (Phi) is 2.64. The first-order valence-corrected chi connectivity index (χ1v) is 5.10. The molecule has 0 fully saturated rings. The number of aryl methyl sites for hydroxylation is 1. The van der Waals surface area contributed by atoms with Crippen LogP contribution in [0.3, 0.4) is 0 Å². The second-order valence-corrected chi connectivity index (χ2v) is 3.81. The van der Waals surface area contributed by atoms with Gasteiger partial charge in [-0.2, -0.15) is 0 Å². The lowest BCUT2D eigenvalue weighted by molar-refractivity contribution is 0.112. The van der Waals surface area contributed by atoms with Crippen molar-refractivity contribution in [3.8, 4) is 0 Å². The second-order valence-electron chi connectivity index (χ2n) is 3.81. The van der Waals surface area contributed by atoms with Crippen molar-refractivity contribution in [3.63, 3.8) is 0 Å². The molecule has 0 spiro atoms. The average Bonchev–Trinajstić information content (AvgIpc) is 2.27. The molecule has 2 heteroatoms. The van der Waals surface area contributed by atoms with E-state index in [1.165, 1.54) is 24.0 Å². The number of fused-ring (bicyclic) bond motifs is 1. The van der Waals surface area contributed by atoms with Crippen molar-refractivity contribution in [2.75, 3.05) is 7.05 Å². The Balaban J connectivity index is 2.40. The highest BCUT2D eigenvalue weighted by Crippen LogP contribution is 2.29. The van der Waals surface area contributed by atoms with Gasteiger partial charge >= 0.3 is 0 Å². The Morgan fingerprint density at radius 3 is 3.07 bits per heavy atom. The molecule has 0 heterocycles. The number of benzene rings is 1. The summed E-state index contributed by atoms with van der Waals surface area (Å²) in [5.74, 6) is 0. The van der Waals surface area contributed by atoms with E-state index in [2.05, 4.69) is 11.4 Å². The minimum Gasteiger partial charge on any atom is -0.313 e. The molecule has 0 aliphatic heterocycles. The van der Waals surface area contributed by atoms with Crippen LogP contribution in [0.4, 0.5) is 0 Å². The molecule has 1 unspecified atom stereocenters. The second kappa shape index (κ2) is 3.93. The molecule has 0 bridgehead atoms. The largest absolute Gasteiger partial charge is 0.313 e. The van der Waals surface area contributed by atoms with Crippen LogP contribution in [0.15, 0.2) is 18.2 Å². The number of aldehydes is 1. The zero-order valence-electron chi connectivity index (χ0n) is 8.42. The average molecular weight is 189 g/mol. The van der Waals surface area contributed by atoms with Crippen LogP contribution < -0.4 is 5.32 Å². The molecule has 1 aromatic carbocycles. The lowest BCUT2D eigenvalue weighted by atomic mass is 9.87. The number of carbonyl (C=O) groups is 1. The van der Waals surface area contributed by atoms with Crippen LogP contribution in [0.2, 0.25) is 0 Å². The van der Waals surface area contributed by atoms with E-state index in [9.17, 15) is 4.79 Å². The third-order valence-electron chi connectivity index (χ3n) is 2.97. The fraction of sp³-hybridized carbons (Fsp3) is 0.417. The number of hydrogen-bond acceptors (Lipinski definition) is 2. The molecule has 0 saturated heterocycles. The molecule has 0 aromatic heterocycles. The van der Waals surface area contributed by atoms with E-state index in [-0.39, 0.29) is 0 Å². The summed E-state index contributed by atoms with van der Waals surface area (Å²) >= 11 is 0. The van der Waals surface area contributed by atoms with Crippen molar-refractivity contribution in [1.82, 2.24) is 5.32 Å². The minimum absolute atomic E-state index is 0.472. The lowest BCUT2D eigenvalue weighted by Gasteiger charge is -2.25. The molecular formula is C12H15NO. The van der Waals surface area contributed by atoms with Crippen LogP contribution in [0.5, 0.6) is 0 Å². The van der Waals surface area contributed by atoms with E-state index in [4.69, 9.17) is 0 Å². The number of nitrogens with one attached hydrogen (secondary N) is 1. The predicted octanol–water partition coefficient (Wildman–Crippen LogP) is 2.10. The quantitative estimate of drug-likeness (QED) is 0.722. The molecule has 0 amide bonds. The molecule has 14 heavy (non-hydrogen) atoms. The summed E-state index contributed by atoms with van der Waals surface area (Å²) in [6.45, 7) is 0. The smallest absolute Gasteiger partial charge is 0.150 e. The monoisotopic (exact) mass is 189 g/mol. The highest BCUT2D eigenvalue weighted by atomic mass is 16.1. The van der Waals surface area contributed by atoms with Gasteiger partial charge in [0, 0.05) is 11.6 Å². The summed E-state index contributed by atoms with van der Waals surface area (Å²) in [7, 11) is 1.99. The van der Waals surface area contributed by atoms with Crippen LogP contribution in [0.25, 0.3) is 0 Å². The van der Waals surface area contributed by atoms with Crippen molar-refractivity contribution >= 4 is 6.29 Å². The maximum Gasteiger partial charge on any atom is 0.150 e. The Labute approximate surface area is 84.3 Å². The van der Waals surface area contributed by atoms with Gasteiger partial charge in [-0.05, 0) is 43.5 Å². The number of carbonyl (C=O) groups excluding carboxylic acids is 1. The van der Waals surface area contributed by atoms with Crippen LogP contribution in [0, 0.1) is 0 Å². The van der Waals surface area contributed by atoms with Crippen LogP contribution >= 0.6 is 0 Å². The van der Waals surface area contributed by atoms with Gasteiger partial charge in [0.05, 0.1) is 0 Å². The van der Waals surface area contributed by atoms with Crippen LogP contribution in [0.1, 0.15) is 40.4 Å². The molecule has 74 valence electrons. The summed E-state index contributed by atoms with van der Waals surface area (Å²) < 4.78 is 0. The van der Waals surface area contributed by atoms with E-state index < -0.39 is 0 Å². The molecule has 1 aliphatic carbocycles. The summed E-state index contributed by atoms with van der Waals surface area (Å²) in [5.41, 5.74) is 3.49. The van der Waals surface area contributed by atoms with Crippen molar-refractivity contribution in [2.24, 2.45) is 0 Å². The highest BCUT2D eigenvalue weighted by Gasteiger charge is 2.18. The van der Waals surface area contributed by atoms with E-state index in [0.29, 0.717) is 6.04 Å². The Morgan fingerprint density at radius 2 is 2.36 bits per heavy atom. The molecule has 1 atom stereocenters. The van der Waals surface area contributed by atoms with Gasteiger partial charge in [0.25, 0.3) is 0 Å². The molecule has 1 aromatic rings. The maximum atomic E-state index is 10.6. The van der Waals surface area contributed by atoms with Gasteiger partial charge in [-0.15, -0.1) is 0 Å². The highest BCUT2D eigenvalue weighted by molar-refractivity contribution is 5.75. The summed E-state index contributed by atoms with van der Waals surface area (Å²) in [6, 6.07) is 6.48. The predicted molar refractivity (Wildman–Crippen MR) is 56.6 cm³/mol. The van der Waals surface area contributed by atoms with Gasteiger partial charge < -0.3 is 5.32 Å². The van der Waals surface area contributed by atoms with E-state index in [1.54, 1.807) is 0 Å². The van der Waals surface area contributed by atoms with Crippen molar-refractivity contribution in [1.29, 1.82) is 0 Å². The number of hydrogen-bond donors (Lipinski definition) is 1. The third kappa shape index (κ3) is 1.58. The normalized spacial score (nSPS) is 20.2. The Morgan fingerprint density at radius 1 is 1.50 bits per heavy atom.